The van der Waals surface area contributed by atoms with Crippen molar-refractivity contribution in [2.45, 2.75) is 84.0 Å². The lowest BCUT2D eigenvalue weighted by Gasteiger charge is -2.44. The van der Waals surface area contributed by atoms with Gasteiger partial charge in [0.2, 0.25) is 17.7 Å². The third-order valence-corrected chi connectivity index (χ3v) is 5.75. The first-order chi connectivity index (χ1) is 17.5. The lowest BCUT2D eigenvalue weighted by Crippen LogP contribution is -2.59. The van der Waals surface area contributed by atoms with Gasteiger partial charge in [-0.3, -0.25) is 19.2 Å². The van der Waals surface area contributed by atoms with Gasteiger partial charge in [0.05, 0.1) is 7.11 Å². The van der Waals surface area contributed by atoms with Gasteiger partial charge in [0, 0.05) is 12.0 Å². The predicted molar refractivity (Wildman–Crippen MR) is 139 cm³/mol. The highest BCUT2D eigenvalue weighted by atomic mass is 16.6. The van der Waals surface area contributed by atoms with Gasteiger partial charge in [0.1, 0.15) is 30.0 Å². The standard InChI is InChI=1S/C26H40N4O8/c1-8-26(5,6)30(23(35)18(12-13-19(27)32)29-24(36)38-25(2,3)4)21(16-10-9-11-17(31)14-16)22(34)28-15-20(33)37-7/h9-11,14,18,21,31H,8,12-13,15H2,1-7H3,(H2,27,32)(H,28,34)(H,29,36). The Kier molecular flexibility index (Phi) is 11.6. The van der Waals surface area contributed by atoms with Crippen LogP contribution in [0.2, 0.25) is 0 Å². The second-order valence-electron chi connectivity index (χ2n) is 10.4. The van der Waals surface area contributed by atoms with Crippen molar-refractivity contribution in [2.24, 2.45) is 5.73 Å². The Balaban J connectivity index is 3.64. The molecule has 0 aliphatic carbocycles. The van der Waals surface area contributed by atoms with Crippen LogP contribution in [0.1, 0.15) is 72.4 Å². The average molecular weight is 537 g/mol. The summed E-state index contributed by atoms with van der Waals surface area (Å²) in [6.07, 6.45) is -0.885. The SMILES string of the molecule is CCC(C)(C)N(C(=O)C(CCC(N)=O)NC(=O)OC(C)(C)C)C(C(=O)NCC(=O)OC)c1cccc(O)c1. The number of phenols is 1. The van der Waals surface area contributed by atoms with Crippen molar-refractivity contribution in [1.82, 2.24) is 15.5 Å². The molecular formula is C26H40N4O8. The van der Waals surface area contributed by atoms with Crippen LogP contribution in [0.15, 0.2) is 24.3 Å². The van der Waals surface area contributed by atoms with Crippen LogP contribution in [0, 0.1) is 0 Å². The van der Waals surface area contributed by atoms with Crippen LogP contribution >= 0.6 is 0 Å². The van der Waals surface area contributed by atoms with Gasteiger partial charge < -0.3 is 35.8 Å². The molecule has 0 bridgehead atoms. The van der Waals surface area contributed by atoms with E-state index in [1.807, 2.05) is 6.92 Å². The fourth-order valence-corrected chi connectivity index (χ4v) is 3.55. The number of alkyl carbamates (subject to hydrolysis) is 1. The minimum atomic E-state index is -1.33. The van der Waals surface area contributed by atoms with Crippen LogP contribution in [-0.4, -0.2) is 70.6 Å². The molecule has 0 fully saturated rings. The number of carbonyl (C=O) groups is 5. The van der Waals surface area contributed by atoms with E-state index >= 15 is 0 Å². The largest absolute Gasteiger partial charge is 0.508 e. The van der Waals surface area contributed by atoms with Gasteiger partial charge in [0.15, 0.2) is 0 Å². The lowest BCUT2D eigenvalue weighted by molar-refractivity contribution is -0.150. The van der Waals surface area contributed by atoms with Crippen molar-refractivity contribution >= 4 is 29.8 Å². The maximum Gasteiger partial charge on any atom is 0.408 e. The number of hydrogen-bond donors (Lipinski definition) is 4. The molecule has 0 saturated carbocycles. The number of nitrogens with zero attached hydrogens (tertiary/aromatic N) is 1. The number of rotatable bonds is 12. The molecule has 38 heavy (non-hydrogen) atoms. The van der Waals surface area contributed by atoms with E-state index in [-0.39, 0.29) is 24.2 Å². The zero-order valence-corrected chi connectivity index (χ0v) is 23.1. The molecule has 1 aromatic carbocycles. The van der Waals surface area contributed by atoms with Crippen molar-refractivity contribution < 1.29 is 38.6 Å². The van der Waals surface area contributed by atoms with Gasteiger partial charge in [-0.15, -0.1) is 0 Å². The zero-order valence-electron chi connectivity index (χ0n) is 23.1. The maximum atomic E-state index is 14.1. The highest BCUT2D eigenvalue weighted by Gasteiger charge is 2.43. The predicted octanol–water partition coefficient (Wildman–Crippen LogP) is 1.90. The summed E-state index contributed by atoms with van der Waals surface area (Å²) < 4.78 is 9.90. The zero-order chi connectivity index (χ0) is 29.3. The van der Waals surface area contributed by atoms with E-state index in [1.54, 1.807) is 40.7 Å². The van der Waals surface area contributed by atoms with Crippen LogP contribution in [0.3, 0.4) is 0 Å². The Morgan fingerprint density at radius 1 is 1.11 bits per heavy atom. The van der Waals surface area contributed by atoms with Crippen molar-refractivity contribution in [3.05, 3.63) is 29.8 Å². The molecule has 0 spiro atoms. The van der Waals surface area contributed by atoms with Gasteiger partial charge >= 0.3 is 12.1 Å². The molecule has 2 atom stereocenters. The Bertz CT molecular complexity index is 1020. The summed E-state index contributed by atoms with van der Waals surface area (Å²) in [4.78, 5) is 64.8. The Hall–Kier alpha value is -3.83. The number of carbonyl (C=O) groups excluding carboxylic acids is 5. The molecule has 4 amide bonds. The van der Waals surface area contributed by atoms with Gasteiger partial charge in [0.25, 0.3) is 0 Å². The molecule has 0 radical (unpaired) electrons. The minimum Gasteiger partial charge on any atom is -0.508 e. The number of methoxy groups -OCH3 is 1. The van der Waals surface area contributed by atoms with E-state index in [2.05, 4.69) is 15.4 Å². The number of phenolic OH excluding ortho intramolecular Hbond substituents is 1. The molecular weight excluding hydrogens is 496 g/mol. The lowest BCUT2D eigenvalue weighted by atomic mass is 9.91. The fraction of sp³-hybridized carbons (Fsp3) is 0.577. The Morgan fingerprint density at radius 2 is 1.74 bits per heavy atom. The average Bonchev–Trinajstić information content (AvgIpc) is 2.81. The second kappa shape index (κ2) is 13.6. The van der Waals surface area contributed by atoms with E-state index in [0.717, 1.165) is 0 Å². The third kappa shape index (κ3) is 9.91. The Morgan fingerprint density at radius 3 is 2.24 bits per heavy atom. The summed E-state index contributed by atoms with van der Waals surface area (Å²) in [6, 6.07) is 3.18. The number of amides is 4. The van der Waals surface area contributed by atoms with E-state index in [1.165, 1.54) is 30.2 Å². The summed E-state index contributed by atoms with van der Waals surface area (Å²) in [5.74, 6) is -2.94. The summed E-state index contributed by atoms with van der Waals surface area (Å²) >= 11 is 0. The quantitative estimate of drug-likeness (QED) is 0.293. The highest BCUT2D eigenvalue weighted by molar-refractivity contribution is 5.94. The smallest absolute Gasteiger partial charge is 0.408 e. The first-order valence-electron chi connectivity index (χ1n) is 12.3. The van der Waals surface area contributed by atoms with Crippen LogP contribution < -0.4 is 16.4 Å². The van der Waals surface area contributed by atoms with Crippen molar-refractivity contribution in [1.29, 1.82) is 0 Å². The van der Waals surface area contributed by atoms with E-state index < -0.39 is 59.6 Å². The molecule has 12 heteroatoms. The first kappa shape index (κ1) is 32.2. The van der Waals surface area contributed by atoms with Crippen LogP contribution in [-0.2, 0) is 28.7 Å². The molecule has 0 heterocycles. The molecule has 12 nitrogen and oxygen atoms in total. The number of esters is 1. The van der Waals surface area contributed by atoms with Gasteiger partial charge in [-0.05, 0) is 65.2 Å². The number of nitrogens with two attached hydrogens (primary N) is 1. The topological polar surface area (TPSA) is 177 Å². The van der Waals surface area contributed by atoms with Gasteiger partial charge in [-0.2, -0.15) is 0 Å². The highest BCUT2D eigenvalue weighted by Crippen LogP contribution is 2.33. The second-order valence-corrected chi connectivity index (χ2v) is 10.4. The normalized spacial score (nSPS) is 13.0. The fourth-order valence-electron chi connectivity index (χ4n) is 3.55. The number of benzene rings is 1. The summed E-state index contributed by atoms with van der Waals surface area (Å²) in [7, 11) is 1.17. The summed E-state index contributed by atoms with van der Waals surface area (Å²) in [6.45, 7) is 9.78. The monoisotopic (exact) mass is 536 g/mol. The molecule has 212 valence electrons. The van der Waals surface area contributed by atoms with Crippen molar-refractivity contribution in [3.8, 4) is 5.75 Å². The van der Waals surface area contributed by atoms with Crippen molar-refractivity contribution in [3.63, 3.8) is 0 Å². The molecule has 0 aromatic heterocycles. The maximum absolute atomic E-state index is 14.1. The number of aromatic hydroxyl groups is 1. The van der Waals surface area contributed by atoms with Gasteiger partial charge in [-0.1, -0.05) is 19.1 Å². The first-order valence-corrected chi connectivity index (χ1v) is 12.3. The molecule has 1 rings (SSSR count). The van der Waals surface area contributed by atoms with E-state index in [0.29, 0.717) is 6.42 Å². The van der Waals surface area contributed by atoms with Crippen LogP contribution in [0.25, 0.3) is 0 Å². The molecule has 0 aliphatic rings. The summed E-state index contributed by atoms with van der Waals surface area (Å²) in [5.41, 5.74) is 3.74. The number of ether oxygens (including phenoxy) is 2. The molecule has 2 unspecified atom stereocenters. The van der Waals surface area contributed by atoms with E-state index in [4.69, 9.17) is 10.5 Å². The Labute approximate surface area is 223 Å². The third-order valence-electron chi connectivity index (χ3n) is 5.75. The van der Waals surface area contributed by atoms with Crippen LogP contribution in [0.5, 0.6) is 5.75 Å². The molecule has 5 N–H and O–H groups in total. The van der Waals surface area contributed by atoms with Gasteiger partial charge in [-0.25, -0.2) is 4.79 Å². The molecule has 0 saturated heterocycles. The number of primary amides is 1. The molecule has 0 aliphatic heterocycles. The minimum absolute atomic E-state index is 0.146. The molecule has 1 aromatic rings. The van der Waals surface area contributed by atoms with Crippen LogP contribution in [0.4, 0.5) is 4.79 Å². The summed E-state index contributed by atoms with van der Waals surface area (Å²) in [5, 5.41) is 15.1. The van der Waals surface area contributed by atoms with Crippen molar-refractivity contribution in [2.75, 3.05) is 13.7 Å². The van der Waals surface area contributed by atoms with E-state index in [9.17, 15) is 29.1 Å². The number of hydrogen-bond acceptors (Lipinski definition) is 8. The number of nitrogens with one attached hydrogen (secondary N) is 2.